The molecule has 0 amide bonds. The normalized spacial score (nSPS) is 12.4. The first-order chi connectivity index (χ1) is 6.63. The topological polar surface area (TPSA) is 102 Å². The Labute approximate surface area is 81.7 Å². The van der Waals surface area contributed by atoms with Crippen molar-refractivity contribution in [2.75, 3.05) is 0 Å². The number of pyridine rings is 1. The van der Waals surface area contributed by atoms with Crippen LogP contribution in [0.25, 0.3) is 0 Å². The van der Waals surface area contributed by atoms with E-state index in [-0.39, 0.29) is 6.42 Å². The van der Waals surface area contributed by atoms with Gasteiger partial charge >= 0.3 is 5.97 Å². The van der Waals surface area contributed by atoms with E-state index in [9.17, 15) is 4.79 Å². The van der Waals surface area contributed by atoms with Crippen LogP contribution in [0.4, 0.5) is 0 Å². The van der Waals surface area contributed by atoms with E-state index < -0.39 is 12.0 Å². The highest BCUT2D eigenvalue weighted by atomic mass is 16.4. The second kappa shape index (κ2) is 4.69. The molecule has 0 aliphatic carbocycles. The second-order valence-electron chi connectivity index (χ2n) is 2.97. The first-order valence-electron chi connectivity index (χ1n) is 4.26. The first-order valence-corrected chi connectivity index (χ1v) is 4.26. The molecule has 1 aromatic rings. The largest absolute Gasteiger partial charge is 0.480 e. The summed E-state index contributed by atoms with van der Waals surface area (Å²) in [5, 5.41) is 8.59. The van der Waals surface area contributed by atoms with Gasteiger partial charge in [0.15, 0.2) is 0 Å². The molecule has 1 heterocycles. The Kier molecular flexibility index (Phi) is 3.55. The maximum atomic E-state index is 10.5. The molecular weight excluding hydrogens is 182 g/mol. The summed E-state index contributed by atoms with van der Waals surface area (Å²) in [6, 6.07) is 4.41. The van der Waals surface area contributed by atoms with Crippen LogP contribution in [-0.4, -0.2) is 22.1 Å². The number of hydrogen-bond donors (Lipinski definition) is 3. The molecule has 0 unspecified atom stereocenters. The summed E-state index contributed by atoms with van der Waals surface area (Å²) in [7, 11) is 0. The van der Waals surface area contributed by atoms with Crippen molar-refractivity contribution in [1.29, 1.82) is 0 Å². The molecule has 0 spiro atoms. The van der Waals surface area contributed by atoms with E-state index in [0.29, 0.717) is 12.2 Å². The summed E-state index contributed by atoms with van der Waals surface area (Å²) in [6.45, 7) is 0.343. The highest BCUT2D eigenvalue weighted by Crippen LogP contribution is 2.01. The van der Waals surface area contributed by atoms with Gasteiger partial charge in [0.2, 0.25) is 0 Å². The Bertz CT molecular complexity index is 328. The van der Waals surface area contributed by atoms with Gasteiger partial charge in [0.05, 0.1) is 5.69 Å². The Morgan fingerprint density at radius 3 is 2.71 bits per heavy atom. The summed E-state index contributed by atoms with van der Waals surface area (Å²) >= 11 is 0. The monoisotopic (exact) mass is 195 g/mol. The van der Waals surface area contributed by atoms with Crippen molar-refractivity contribution in [1.82, 2.24) is 4.98 Å². The molecule has 0 radical (unpaired) electrons. The molecule has 0 saturated heterocycles. The number of nitrogens with two attached hydrogens (primary N) is 2. The lowest BCUT2D eigenvalue weighted by molar-refractivity contribution is -0.138. The average Bonchev–Trinajstić information content (AvgIpc) is 2.18. The van der Waals surface area contributed by atoms with Crippen molar-refractivity contribution in [2.24, 2.45) is 11.5 Å². The predicted molar refractivity (Wildman–Crippen MR) is 51.4 cm³/mol. The van der Waals surface area contributed by atoms with Crippen molar-refractivity contribution in [3.63, 3.8) is 0 Å². The van der Waals surface area contributed by atoms with Crippen LogP contribution in [0.15, 0.2) is 18.2 Å². The van der Waals surface area contributed by atoms with Crippen LogP contribution in [0, 0.1) is 0 Å². The second-order valence-corrected chi connectivity index (χ2v) is 2.97. The fourth-order valence-electron chi connectivity index (χ4n) is 1.07. The number of carboxylic acid groups (broad SMARTS) is 1. The molecule has 5 nitrogen and oxygen atoms in total. The molecular formula is C9H13N3O2. The van der Waals surface area contributed by atoms with Crippen LogP contribution in [-0.2, 0) is 17.8 Å². The maximum absolute atomic E-state index is 10.5. The molecule has 5 N–H and O–H groups in total. The van der Waals surface area contributed by atoms with E-state index in [1.54, 1.807) is 18.2 Å². The van der Waals surface area contributed by atoms with Gasteiger partial charge in [-0.3, -0.25) is 9.78 Å². The zero-order chi connectivity index (χ0) is 10.6. The Balaban J connectivity index is 2.71. The van der Waals surface area contributed by atoms with E-state index in [4.69, 9.17) is 16.6 Å². The number of aromatic nitrogens is 1. The third kappa shape index (κ3) is 2.79. The maximum Gasteiger partial charge on any atom is 0.320 e. The highest BCUT2D eigenvalue weighted by Gasteiger charge is 2.12. The highest BCUT2D eigenvalue weighted by molar-refractivity contribution is 5.73. The number of hydrogen-bond acceptors (Lipinski definition) is 4. The molecule has 0 aromatic carbocycles. The van der Waals surface area contributed by atoms with Crippen LogP contribution >= 0.6 is 0 Å². The van der Waals surface area contributed by atoms with Crippen LogP contribution < -0.4 is 11.5 Å². The van der Waals surface area contributed by atoms with Gasteiger partial charge in [-0.05, 0) is 12.1 Å². The molecule has 5 heteroatoms. The van der Waals surface area contributed by atoms with Crippen molar-refractivity contribution in [2.45, 2.75) is 19.0 Å². The van der Waals surface area contributed by atoms with Crippen molar-refractivity contribution < 1.29 is 9.90 Å². The lowest BCUT2D eigenvalue weighted by Crippen LogP contribution is -2.32. The molecule has 1 rings (SSSR count). The quantitative estimate of drug-likeness (QED) is 0.600. The van der Waals surface area contributed by atoms with Gasteiger partial charge in [0.25, 0.3) is 0 Å². The third-order valence-electron chi connectivity index (χ3n) is 1.82. The van der Waals surface area contributed by atoms with Crippen molar-refractivity contribution in [3.05, 3.63) is 29.6 Å². The van der Waals surface area contributed by atoms with Crippen LogP contribution in [0.1, 0.15) is 11.4 Å². The summed E-state index contributed by atoms with van der Waals surface area (Å²) < 4.78 is 0. The standard InChI is InChI=1S/C9H13N3O2/c10-5-7-3-1-2-6(12-7)4-8(11)9(13)14/h1-3,8H,4-5,10-11H2,(H,13,14)/t8-/m0/s1. The number of aliphatic carboxylic acids is 1. The molecule has 76 valence electrons. The first kappa shape index (κ1) is 10.6. The molecule has 1 aromatic heterocycles. The smallest absolute Gasteiger partial charge is 0.320 e. The fourth-order valence-corrected chi connectivity index (χ4v) is 1.07. The summed E-state index contributed by atoms with van der Waals surface area (Å²) in [4.78, 5) is 14.6. The van der Waals surface area contributed by atoms with Gasteiger partial charge in [-0.15, -0.1) is 0 Å². The van der Waals surface area contributed by atoms with Gasteiger partial charge in [-0.25, -0.2) is 0 Å². The Morgan fingerprint density at radius 1 is 1.50 bits per heavy atom. The molecule has 1 atom stereocenters. The van der Waals surface area contributed by atoms with Crippen molar-refractivity contribution in [3.8, 4) is 0 Å². The van der Waals surface area contributed by atoms with E-state index in [1.807, 2.05) is 0 Å². The van der Waals surface area contributed by atoms with E-state index >= 15 is 0 Å². The minimum Gasteiger partial charge on any atom is -0.480 e. The van der Waals surface area contributed by atoms with Gasteiger partial charge in [0.1, 0.15) is 6.04 Å². The van der Waals surface area contributed by atoms with Gasteiger partial charge in [-0.1, -0.05) is 6.07 Å². The minimum atomic E-state index is -1.02. The van der Waals surface area contributed by atoms with E-state index in [0.717, 1.165) is 5.69 Å². The predicted octanol–water partition coefficient (Wildman–Crippen LogP) is -0.505. The number of rotatable bonds is 4. The van der Waals surface area contributed by atoms with Crippen LogP contribution in [0.3, 0.4) is 0 Å². The molecule has 0 bridgehead atoms. The molecule has 0 saturated carbocycles. The Morgan fingerprint density at radius 2 is 2.14 bits per heavy atom. The lowest BCUT2D eigenvalue weighted by Gasteiger charge is -2.06. The van der Waals surface area contributed by atoms with Gasteiger partial charge in [0, 0.05) is 18.7 Å². The third-order valence-corrected chi connectivity index (χ3v) is 1.82. The van der Waals surface area contributed by atoms with Crippen LogP contribution in [0.5, 0.6) is 0 Å². The fraction of sp³-hybridized carbons (Fsp3) is 0.333. The summed E-state index contributed by atoms with van der Waals surface area (Å²) in [5.41, 5.74) is 12.2. The molecule has 14 heavy (non-hydrogen) atoms. The number of nitrogens with zero attached hydrogens (tertiary/aromatic N) is 1. The molecule has 0 aliphatic heterocycles. The minimum absolute atomic E-state index is 0.225. The SMILES string of the molecule is NCc1cccc(C[C@H](N)C(=O)O)n1. The van der Waals surface area contributed by atoms with Gasteiger partial charge < -0.3 is 16.6 Å². The Hall–Kier alpha value is -1.46. The zero-order valence-corrected chi connectivity index (χ0v) is 7.68. The lowest BCUT2D eigenvalue weighted by atomic mass is 10.1. The number of carbonyl (C=O) groups is 1. The van der Waals surface area contributed by atoms with Crippen LogP contribution in [0.2, 0.25) is 0 Å². The average molecular weight is 195 g/mol. The summed E-state index contributed by atoms with van der Waals surface area (Å²) in [6.07, 6.45) is 0.225. The zero-order valence-electron chi connectivity index (χ0n) is 7.68. The van der Waals surface area contributed by atoms with Crippen molar-refractivity contribution >= 4 is 5.97 Å². The summed E-state index contributed by atoms with van der Waals surface area (Å²) in [5.74, 6) is -1.02. The van der Waals surface area contributed by atoms with E-state index in [1.165, 1.54) is 0 Å². The molecule has 0 fully saturated rings. The van der Waals surface area contributed by atoms with E-state index in [2.05, 4.69) is 4.98 Å². The molecule has 0 aliphatic rings. The van der Waals surface area contributed by atoms with Gasteiger partial charge in [-0.2, -0.15) is 0 Å². The number of carboxylic acids is 1.